The van der Waals surface area contributed by atoms with E-state index in [1.807, 2.05) is 60.7 Å². The number of thioether (sulfide) groups is 1. The fraction of sp³-hybridized carbons (Fsp3) is 0.240. The maximum Gasteiger partial charge on any atom is 0.329 e. The topological polar surface area (TPSA) is 99.5 Å². The number of hydrogen-bond acceptors (Lipinski definition) is 8. The smallest absolute Gasteiger partial charge is 0.329 e. The Kier molecular flexibility index (Phi) is 7.62. The Bertz CT molecular complexity index is 1200. The summed E-state index contributed by atoms with van der Waals surface area (Å²) in [6, 6.07) is 16.7. The summed E-state index contributed by atoms with van der Waals surface area (Å²) in [5.41, 5.74) is 2.27. The maximum absolute atomic E-state index is 13.4. The predicted octanol–water partition coefficient (Wildman–Crippen LogP) is 3.43. The van der Waals surface area contributed by atoms with Gasteiger partial charge in [0.05, 0.1) is 17.2 Å². The number of rotatable bonds is 8. The molecule has 0 spiro atoms. The Morgan fingerprint density at radius 1 is 1.20 bits per heavy atom. The van der Waals surface area contributed by atoms with E-state index in [-0.39, 0.29) is 28.7 Å². The van der Waals surface area contributed by atoms with Crippen molar-refractivity contribution in [1.29, 1.82) is 0 Å². The normalized spacial score (nSPS) is 19.7. The second-order valence-corrected chi connectivity index (χ2v) is 9.52. The van der Waals surface area contributed by atoms with Gasteiger partial charge in [0.1, 0.15) is 10.4 Å². The lowest BCUT2D eigenvalue weighted by Crippen LogP contribution is -2.46. The monoisotopic (exact) mass is 509 g/mol. The summed E-state index contributed by atoms with van der Waals surface area (Å²) < 4.78 is 5.44. The standard InChI is InChI=1S/C25H23N3O5S2/c1-2-33-24(32)20(13-16-9-5-3-6-10-16)28-22(29)21(35-25(28)34)15-27-19(23(30)31)14-18(26-27)17-11-7-4-8-12-17/h3-12,15,19-20H,2,13-14H2,1H3,(H,30,31)/b21-15-/t19-,20+/m0/s1. The molecule has 2 aliphatic rings. The molecule has 0 aliphatic carbocycles. The minimum atomic E-state index is -1.06. The van der Waals surface area contributed by atoms with Crippen LogP contribution in [0.2, 0.25) is 0 Å². The van der Waals surface area contributed by atoms with Crippen LogP contribution >= 0.6 is 24.0 Å². The number of ether oxygens (including phenoxy) is 1. The van der Waals surface area contributed by atoms with Crippen molar-refractivity contribution in [3.05, 3.63) is 82.9 Å². The number of carbonyl (C=O) groups is 3. The molecule has 0 aromatic heterocycles. The van der Waals surface area contributed by atoms with Crippen molar-refractivity contribution in [2.45, 2.75) is 31.8 Å². The Morgan fingerprint density at radius 3 is 2.49 bits per heavy atom. The molecule has 180 valence electrons. The number of hydrogen-bond donors (Lipinski definition) is 1. The molecule has 2 heterocycles. The number of amides is 1. The number of thiocarbonyl (C=S) groups is 1. The highest BCUT2D eigenvalue weighted by Crippen LogP contribution is 2.35. The first kappa shape index (κ1) is 24.6. The lowest BCUT2D eigenvalue weighted by molar-refractivity contribution is -0.150. The van der Waals surface area contributed by atoms with Crippen LogP contribution in [0.5, 0.6) is 0 Å². The average Bonchev–Trinajstić information content (AvgIpc) is 3.40. The van der Waals surface area contributed by atoms with Gasteiger partial charge >= 0.3 is 11.9 Å². The third-order valence-corrected chi connectivity index (χ3v) is 6.87. The van der Waals surface area contributed by atoms with Crippen molar-refractivity contribution in [3.8, 4) is 0 Å². The molecule has 2 aromatic carbocycles. The van der Waals surface area contributed by atoms with Gasteiger partial charge in [0.2, 0.25) is 0 Å². The van der Waals surface area contributed by atoms with Crippen LogP contribution in [-0.4, -0.2) is 61.6 Å². The van der Waals surface area contributed by atoms with E-state index in [0.717, 1.165) is 22.9 Å². The van der Waals surface area contributed by atoms with E-state index in [4.69, 9.17) is 17.0 Å². The van der Waals surface area contributed by atoms with E-state index in [1.165, 1.54) is 16.1 Å². The molecule has 8 nitrogen and oxygen atoms in total. The lowest BCUT2D eigenvalue weighted by Gasteiger charge is -2.25. The molecule has 1 fully saturated rings. The molecule has 2 aliphatic heterocycles. The van der Waals surface area contributed by atoms with Crippen LogP contribution in [0.3, 0.4) is 0 Å². The number of aliphatic carboxylic acids is 1. The molecule has 0 radical (unpaired) electrons. The van der Waals surface area contributed by atoms with Crippen molar-refractivity contribution in [3.63, 3.8) is 0 Å². The first-order valence-electron chi connectivity index (χ1n) is 11.0. The number of carbonyl (C=O) groups excluding carboxylic acids is 2. The average molecular weight is 510 g/mol. The van der Waals surface area contributed by atoms with Gasteiger partial charge < -0.3 is 9.84 Å². The van der Waals surface area contributed by atoms with Crippen molar-refractivity contribution in [2.75, 3.05) is 6.61 Å². The van der Waals surface area contributed by atoms with Gasteiger partial charge in [-0.1, -0.05) is 84.6 Å². The molecule has 10 heteroatoms. The number of nitrogens with zero attached hydrogens (tertiary/aromatic N) is 3. The molecule has 2 atom stereocenters. The van der Waals surface area contributed by atoms with Crippen molar-refractivity contribution in [1.82, 2.24) is 9.91 Å². The molecular formula is C25H23N3O5S2. The second kappa shape index (κ2) is 10.8. The Balaban J connectivity index is 1.62. The molecule has 1 N–H and O–H groups in total. The largest absolute Gasteiger partial charge is 0.480 e. The summed E-state index contributed by atoms with van der Waals surface area (Å²) in [5, 5.41) is 15.5. The number of carboxylic acids is 1. The van der Waals surface area contributed by atoms with Gasteiger partial charge in [0.25, 0.3) is 5.91 Å². The van der Waals surface area contributed by atoms with Crippen LogP contribution < -0.4 is 0 Å². The molecule has 1 amide bonds. The second-order valence-electron chi connectivity index (χ2n) is 7.84. The predicted molar refractivity (Wildman–Crippen MR) is 137 cm³/mol. The van der Waals surface area contributed by atoms with Gasteiger partial charge in [0.15, 0.2) is 6.04 Å². The van der Waals surface area contributed by atoms with Gasteiger partial charge in [-0.25, -0.2) is 9.59 Å². The zero-order valence-electron chi connectivity index (χ0n) is 18.9. The van der Waals surface area contributed by atoms with Crippen molar-refractivity contribution in [2.24, 2.45) is 5.10 Å². The molecule has 0 saturated carbocycles. The Hall–Kier alpha value is -3.50. The summed E-state index contributed by atoms with van der Waals surface area (Å²) in [4.78, 5) is 39.6. The fourth-order valence-electron chi connectivity index (χ4n) is 3.87. The third-order valence-electron chi connectivity index (χ3n) is 5.55. The zero-order valence-corrected chi connectivity index (χ0v) is 20.5. The minimum Gasteiger partial charge on any atom is -0.480 e. The van der Waals surface area contributed by atoms with Gasteiger partial charge in [-0.15, -0.1) is 0 Å². The lowest BCUT2D eigenvalue weighted by atomic mass is 10.0. The first-order chi connectivity index (χ1) is 16.9. The highest BCUT2D eigenvalue weighted by Gasteiger charge is 2.42. The van der Waals surface area contributed by atoms with Crippen LogP contribution in [0.1, 0.15) is 24.5 Å². The maximum atomic E-state index is 13.4. The van der Waals surface area contributed by atoms with Gasteiger partial charge in [-0.2, -0.15) is 5.10 Å². The molecule has 4 rings (SSSR count). The molecular weight excluding hydrogens is 486 g/mol. The van der Waals surface area contributed by atoms with Crippen LogP contribution in [0.15, 0.2) is 76.9 Å². The summed E-state index contributed by atoms with van der Waals surface area (Å²) in [7, 11) is 0. The van der Waals surface area contributed by atoms with Crippen LogP contribution in [0, 0.1) is 0 Å². The van der Waals surface area contributed by atoms with Crippen molar-refractivity contribution >= 4 is 51.9 Å². The fourth-order valence-corrected chi connectivity index (χ4v) is 5.19. The quantitative estimate of drug-likeness (QED) is 0.328. The first-order valence-corrected chi connectivity index (χ1v) is 12.2. The van der Waals surface area contributed by atoms with E-state index in [0.29, 0.717) is 5.71 Å². The van der Waals surface area contributed by atoms with Crippen molar-refractivity contribution < 1.29 is 24.2 Å². The highest BCUT2D eigenvalue weighted by molar-refractivity contribution is 8.26. The molecule has 35 heavy (non-hydrogen) atoms. The Labute approximate surface area is 212 Å². The Morgan fingerprint density at radius 2 is 1.86 bits per heavy atom. The third kappa shape index (κ3) is 5.44. The van der Waals surface area contributed by atoms with Crippen LogP contribution in [-0.2, 0) is 25.5 Å². The van der Waals surface area contributed by atoms with Crippen LogP contribution in [0.25, 0.3) is 0 Å². The minimum absolute atomic E-state index is 0.166. The van der Waals surface area contributed by atoms with Gasteiger partial charge in [-0.3, -0.25) is 14.7 Å². The highest BCUT2D eigenvalue weighted by atomic mass is 32.2. The molecule has 2 aromatic rings. The summed E-state index contributed by atoms with van der Waals surface area (Å²) in [6.45, 7) is 1.86. The molecule has 0 bridgehead atoms. The summed E-state index contributed by atoms with van der Waals surface area (Å²) in [6.07, 6.45) is 1.82. The van der Waals surface area contributed by atoms with Gasteiger partial charge in [-0.05, 0) is 18.1 Å². The van der Waals surface area contributed by atoms with E-state index in [1.54, 1.807) is 6.92 Å². The molecule has 0 unspecified atom stereocenters. The SMILES string of the molecule is CCOC(=O)[C@@H](Cc1ccccc1)N1C(=O)/C(=C/N2N=C(c3ccccc3)C[C@H]2C(=O)O)SC1=S. The van der Waals surface area contributed by atoms with E-state index in [9.17, 15) is 19.5 Å². The van der Waals surface area contributed by atoms with E-state index in [2.05, 4.69) is 5.10 Å². The van der Waals surface area contributed by atoms with Crippen LogP contribution in [0.4, 0.5) is 0 Å². The molecule has 1 saturated heterocycles. The summed E-state index contributed by atoms with van der Waals surface area (Å²) >= 11 is 6.47. The van der Waals surface area contributed by atoms with E-state index >= 15 is 0 Å². The summed E-state index contributed by atoms with van der Waals surface area (Å²) in [5.74, 6) is -2.09. The zero-order chi connectivity index (χ0) is 24.9. The number of carboxylic acid groups (broad SMARTS) is 1. The number of benzene rings is 2. The number of hydrazone groups is 1. The van der Waals surface area contributed by atoms with E-state index < -0.39 is 29.9 Å². The van der Waals surface area contributed by atoms with Gasteiger partial charge in [0, 0.05) is 19.0 Å². The number of esters is 1.